The number of piperidine rings is 1. The minimum absolute atomic E-state index is 0.652. The van der Waals surface area contributed by atoms with Crippen molar-refractivity contribution in [3.63, 3.8) is 0 Å². The largest absolute Gasteiger partial charge is 0.385 e. The van der Waals surface area contributed by atoms with Crippen LogP contribution < -0.4 is 0 Å². The summed E-state index contributed by atoms with van der Waals surface area (Å²) in [6, 6.07) is 4.17. The summed E-state index contributed by atoms with van der Waals surface area (Å²) >= 11 is 0. The van der Waals surface area contributed by atoms with Crippen LogP contribution in [0.1, 0.15) is 24.8 Å². The van der Waals surface area contributed by atoms with Crippen LogP contribution in [-0.4, -0.2) is 31.7 Å². The van der Waals surface area contributed by atoms with Gasteiger partial charge in [-0.2, -0.15) is 0 Å². The van der Waals surface area contributed by atoms with Crippen molar-refractivity contribution in [1.82, 2.24) is 4.90 Å². The fourth-order valence-electron chi connectivity index (χ4n) is 2.71. The number of hydrogen-bond donors (Lipinski definition) is 0. The summed E-state index contributed by atoms with van der Waals surface area (Å²) in [6.07, 6.45) is 3.47. The van der Waals surface area contributed by atoms with Crippen LogP contribution in [0, 0.1) is 17.6 Å². The molecule has 1 aromatic rings. The Morgan fingerprint density at radius 2 is 2.16 bits per heavy atom. The van der Waals surface area contributed by atoms with Crippen molar-refractivity contribution in [1.29, 1.82) is 0 Å². The second-order valence-corrected chi connectivity index (χ2v) is 5.27. The molecule has 4 heteroatoms. The van der Waals surface area contributed by atoms with E-state index >= 15 is 0 Å². The number of halogens is 2. The van der Waals surface area contributed by atoms with Crippen LogP contribution in [0.4, 0.5) is 8.78 Å². The van der Waals surface area contributed by atoms with E-state index in [-0.39, 0.29) is 0 Å². The maximum Gasteiger partial charge on any atom is 0.159 e. The van der Waals surface area contributed by atoms with Crippen molar-refractivity contribution in [2.24, 2.45) is 5.92 Å². The SMILES string of the molecule is COCC[C@@H]1CCCN(Cc2ccc(F)c(F)c2)C1. The lowest BCUT2D eigenvalue weighted by Crippen LogP contribution is -2.35. The van der Waals surface area contributed by atoms with Crippen molar-refractivity contribution in [2.45, 2.75) is 25.8 Å². The van der Waals surface area contributed by atoms with Gasteiger partial charge >= 0.3 is 0 Å². The lowest BCUT2D eigenvalue weighted by atomic mass is 9.95. The fourth-order valence-corrected chi connectivity index (χ4v) is 2.71. The van der Waals surface area contributed by atoms with E-state index in [0.717, 1.165) is 38.1 Å². The summed E-state index contributed by atoms with van der Waals surface area (Å²) in [5, 5.41) is 0. The molecule has 1 heterocycles. The number of benzene rings is 1. The highest BCUT2D eigenvalue weighted by Gasteiger charge is 2.19. The Balaban J connectivity index is 1.89. The quantitative estimate of drug-likeness (QED) is 0.814. The number of ether oxygens (including phenoxy) is 1. The molecule has 0 unspecified atom stereocenters. The maximum atomic E-state index is 13.2. The molecule has 0 aromatic heterocycles. The third kappa shape index (κ3) is 4.25. The summed E-state index contributed by atoms with van der Waals surface area (Å²) in [5.74, 6) is -0.884. The van der Waals surface area contributed by atoms with Gasteiger partial charge in [-0.05, 0) is 49.4 Å². The van der Waals surface area contributed by atoms with Crippen molar-refractivity contribution >= 4 is 0 Å². The fraction of sp³-hybridized carbons (Fsp3) is 0.600. The number of hydrogen-bond acceptors (Lipinski definition) is 2. The molecule has 1 aliphatic rings. The number of nitrogens with zero attached hydrogens (tertiary/aromatic N) is 1. The molecular weight excluding hydrogens is 248 g/mol. The van der Waals surface area contributed by atoms with E-state index in [2.05, 4.69) is 4.90 Å². The Bertz CT molecular complexity index is 411. The molecule has 2 rings (SSSR count). The van der Waals surface area contributed by atoms with Crippen LogP contribution in [-0.2, 0) is 11.3 Å². The van der Waals surface area contributed by atoms with E-state index in [1.54, 1.807) is 13.2 Å². The van der Waals surface area contributed by atoms with Crippen LogP contribution in [0.5, 0.6) is 0 Å². The molecule has 0 N–H and O–H groups in total. The second-order valence-electron chi connectivity index (χ2n) is 5.27. The predicted molar refractivity (Wildman–Crippen MR) is 70.9 cm³/mol. The van der Waals surface area contributed by atoms with Gasteiger partial charge in [-0.3, -0.25) is 4.90 Å². The summed E-state index contributed by atoms with van der Waals surface area (Å²) in [4.78, 5) is 2.32. The zero-order valence-electron chi connectivity index (χ0n) is 11.4. The van der Waals surface area contributed by atoms with Gasteiger partial charge in [0.2, 0.25) is 0 Å². The van der Waals surface area contributed by atoms with E-state index in [4.69, 9.17) is 4.74 Å². The summed E-state index contributed by atoms with van der Waals surface area (Å²) < 4.78 is 31.2. The molecular formula is C15H21F2NO. The van der Waals surface area contributed by atoms with Gasteiger partial charge in [0.1, 0.15) is 0 Å². The van der Waals surface area contributed by atoms with Gasteiger partial charge in [0, 0.05) is 26.8 Å². The van der Waals surface area contributed by atoms with Gasteiger partial charge in [-0.15, -0.1) is 0 Å². The Labute approximate surface area is 113 Å². The van der Waals surface area contributed by atoms with Crippen LogP contribution >= 0.6 is 0 Å². The second kappa shape index (κ2) is 6.96. The molecule has 0 aliphatic carbocycles. The molecule has 2 nitrogen and oxygen atoms in total. The minimum Gasteiger partial charge on any atom is -0.385 e. The normalized spacial score (nSPS) is 20.7. The average molecular weight is 269 g/mol. The van der Waals surface area contributed by atoms with Gasteiger partial charge in [0.25, 0.3) is 0 Å². The van der Waals surface area contributed by atoms with Crippen LogP contribution in [0.15, 0.2) is 18.2 Å². The maximum absolute atomic E-state index is 13.2. The Hall–Kier alpha value is -1.00. The molecule has 1 saturated heterocycles. The molecule has 106 valence electrons. The molecule has 1 aliphatic heterocycles. The van der Waals surface area contributed by atoms with Gasteiger partial charge in [0.05, 0.1) is 0 Å². The van der Waals surface area contributed by atoms with Crippen molar-refractivity contribution in [2.75, 3.05) is 26.8 Å². The summed E-state index contributed by atoms with van der Waals surface area (Å²) in [7, 11) is 1.72. The van der Waals surface area contributed by atoms with Crippen LogP contribution in [0.25, 0.3) is 0 Å². The molecule has 0 radical (unpaired) electrons. The smallest absolute Gasteiger partial charge is 0.159 e. The number of rotatable bonds is 5. The molecule has 1 atom stereocenters. The minimum atomic E-state index is -0.777. The first-order valence-corrected chi connectivity index (χ1v) is 6.84. The number of methoxy groups -OCH3 is 1. The average Bonchev–Trinajstić information content (AvgIpc) is 2.41. The third-order valence-corrected chi connectivity index (χ3v) is 3.72. The predicted octanol–water partition coefficient (Wildman–Crippen LogP) is 3.21. The van der Waals surface area contributed by atoms with E-state index in [1.165, 1.54) is 18.6 Å². The topological polar surface area (TPSA) is 12.5 Å². The Morgan fingerprint density at radius 3 is 2.89 bits per heavy atom. The molecule has 19 heavy (non-hydrogen) atoms. The summed E-state index contributed by atoms with van der Waals surface area (Å²) in [5.41, 5.74) is 0.839. The molecule has 1 aromatic carbocycles. The van der Waals surface area contributed by atoms with Crippen LogP contribution in [0.2, 0.25) is 0 Å². The van der Waals surface area contributed by atoms with Crippen LogP contribution in [0.3, 0.4) is 0 Å². The lowest BCUT2D eigenvalue weighted by molar-refractivity contribution is 0.123. The first-order chi connectivity index (χ1) is 9.19. The zero-order chi connectivity index (χ0) is 13.7. The van der Waals surface area contributed by atoms with E-state index < -0.39 is 11.6 Å². The molecule has 0 amide bonds. The molecule has 0 spiro atoms. The van der Waals surface area contributed by atoms with Gasteiger partial charge in [-0.25, -0.2) is 8.78 Å². The van der Waals surface area contributed by atoms with Gasteiger partial charge in [0.15, 0.2) is 11.6 Å². The highest BCUT2D eigenvalue weighted by atomic mass is 19.2. The molecule has 0 saturated carbocycles. The van der Waals surface area contributed by atoms with E-state index in [0.29, 0.717) is 12.5 Å². The lowest BCUT2D eigenvalue weighted by Gasteiger charge is -2.32. The molecule has 0 bridgehead atoms. The highest BCUT2D eigenvalue weighted by Crippen LogP contribution is 2.21. The molecule has 1 fully saturated rings. The first kappa shape index (κ1) is 14.4. The summed E-state index contributed by atoms with van der Waals surface area (Å²) in [6.45, 7) is 3.54. The van der Waals surface area contributed by atoms with Crippen molar-refractivity contribution < 1.29 is 13.5 Å². The Kier molecular flexibility index (Phi) is 5.28. The standard InChI is InChI=1S/C15H21F2NO/c1-19-8-6-12-3-2-7-18(10-12)11-13-4-5-14(16)15(17)9-13/h4-5,9,12H,2-3,6-8,10-11H2,1H3/t12-/m0/s1. The first-order valence-electron chi connectivity index (χ1n) is 6.84. The van der Waals surface area contributed by atoms with Gasteiger partial charge < -0.3 is 4.74 Å². The third-order valence-electron chi connectivity index (χ3n) is 3.72. The number of likely N-dealkylation sites (tertiary alicyclic amines) is 1. The monoisotopic (exact) mass is 269 g/mol. The van der Waals surface area contributed by atoms with Crippen molar-refractivity contribution in [3.05, 3.63) is 35.4 Å². The Morgan fingerprint density at radius 1 is 1.32 bits per heavy atom. The van der Waals surface area contributed by atoms with Crippen molar-refractivity contribution in [3.8, 4) is 0 Å². The van der Waals surface area contributed by atoms with E-state index in [1.807, 2.05) is 0 Å². The van der Waals surface area contributed by atoms with Gasteiger partial charge in [-0.1, -0.05) is 6.07 Å². The highest BCUT2D eigenvalue weighted by molar-refractivity contribution is 5.17. The van der Waals surface area contributed by atoms with E-state index in [9.17, 15) is 8.78 Å². The zero-order valence-corrected chi connectivity index (χ0v) is 11.4.